The van der Waals surface area contributed by atoms with Gasteiger partial charge in [0, 0.05) is 38.9 Å². The summed E-state index contributed by atoms with van der Waals surface area (Å²) in [6, 6.07) is 14.1. The average molecular weight is 644 g/mol. The third-order valence-corrected chi connectivity index (χ3v) is 10.5. The van der Waals surface area contributed by atoms with E-state index in [1.165, 1.54) is 21.7 Å². The molecule has 12 heteroatoms. The maximum atomic E-state index is 14.2. The quantitative estimate of drug-likeness (QED) is 0.203. The molecular formula is C32H45N5O5S2. The molecule has 0 aliphatic carbocycles. The Hall–Kier alpha value is -2.90. The van der Waals surface area contributed by atoms with Crippen LogP contribution >= 0.6 is 11.3 Å². The molecule has 0 bridgehead atoms. The van der Waals surface area contributed by atoms with Crippen molar-refractivity contribution in [3.05, 3.63) is 59.6 Å². The lowest BCUT2D eigenvalue weighted by Crippen LogP contribution is -2.55. The van der Waals surface area contributed by atoms with Gasteiger partial charge in [0.1, 0.15) is 5.72 Å². The number of thiazole rings is 1. The number of hydrogen-bond donors (Lipinski definition) is 3. The van der Waals surface area contributed by atoms with Crippen LogP contribution in [0.1, 0.15) is 52.0 Å². The van der Waals surface area contributed by atoms with E-state index < -0.39 is 15.7 Å². The van der Waals surface area contributed by atoms with Crippen molar-refractivity contribution in [2.45, 2.75) is 63.5 Å². The molecule has 1 aromatic heterocycles. The number of nitrogens with zero attached hydrogens (tertiary/aromatic N) is 3. The predicted octanol–water partition coefficient (Wildman–Crippen LogP) is 3.62. The van der Waals surface area contributed by atoms with Crippen molar-refractivity contribution in [2.24, 2.45) is 11.8 Å². The van der Waals surface area contributed by atoms with Crippen molar-refractivity contribution < 1.29 is 23.1 Å². The topological polar surface area (TPSA) is 132 Å². The Bertz CT molecular complexity index is 1490. The van der Waals surface area contributed by atoms with Crippen molar-refractivity contribution >= 4 is 43.4 Å². The van der Waals surface area contributed by atoms with Gasteiger partial charge in [0.2, 0.25) is 21.8 Å². The molecule has 2 atom stereocenters. The fraction of sp³-hybridized carbons (Fsp3) is 0.531. The number of aliphatic hydroxyl groups is 1. The van der Waals surface area contributed by atoms with Crippen LogP contribution in [0.3, 0.4) is 0 Å². The second-order valence-corrected chi connectivity index (χ2v) is 15.0. The molecule has 1 saturated heterocycles. The molecule has 2 heterocycles. The molecule has 2 unspecified atom stereocenters. The summed E-state index contributed by atoms with van der Waals surface area (Å²) in [5, 5.41) is 18.0. The largest absolute Gasteiger partial charge is 0.374 e. The molecule has 3 aromatic rings. The Morgan fingerprint density at radius 3 is 2.50 bits per heavy atom. The number of likely N-dealkylation sites (tertiary alicyclic amines) is 1. The van der Waals surface area contributed by atoms with Crippen molar-refractivity contribution in [3.8, 4) is 0 Å². The first-order valence-corrected chi connectivity index (χ1v) is 17.7. The third-order valence-electron chi connectivity index (χ3n) is 7.81. The zero-order valence-corrected chi connectivity index (χ0v) is 27.5. The van der Waals surface area contributed by atoms with Crippen LogP contribution in [0.2, 0.25) is 0 Å². The van der Waals surface area contributed by atoms with Crippen molar-refractivity contribution in [1.82, 2.24) is 24.8 Å². The van der Waals surface area contributed by atoms with Crippen molar-refractivity contribution in [1.29, 1.82) is 0 Å². The zero-order valence-electron chi connectivity index (χ0n) is 25.9. The second kappa shape index (κ2) is 15.4. The van der Waals surface area contributed by atoms with Crippen LogP contribution in [0.25, 0.3) is 10.2 Å². The lowest BCUT2D eigenvalue weighted by molar-refractivity contribution is -0.124. The highest BCUT2D eigenvalue weighted by Crippen LogP contribution is 2.32. The molecule has 1 aliphatic heterocycles. The first-order chi connectivity index (χ1) is 21.0. The van der Waals surface area contributed by atoms with Crippen LogP contribution in [0.4, 0.5) is 0 Å². The number of sulfonamides is 1. The first kappa shape index (κ1) is 34.0. The number of fused-ring (bicyclic) bond motifs is 1. The van der Waals surface area contributed by atoms with E-state index in [0.717, 1.165) is 36.2 Å². The Morgan fingerprint density at radius 2 is 1.80 bits per heavy atom. The van der Waals surface area contributed by atoms with Gasteiger partial charge in [-0.05, 0) is 61.5 Å². The molecule has 2 amide bonds. The molecule has 0 spiro atoms. The first-order valence-electron chi connectivity index (χ1n) is 15.3. The van der Waals surface area contributed by atoms with Gasteiger partial charge in [0.05, 0.1) is 27.2 Å². The molecule has 44 heavy (non-hydrogen) atoms. The summed E-state index contributed by atoms with van der Waals surface area (Å²) in [5.41, 5.74) is 1.36. The van der Waals surface area contributed by atoms with Gasteiger partial charge in [0.25, 0.3) is 0 Å². The summed E-state index contributed by atoms with van der Waals surface area (Å²) in [4.78, 5) is 31.6. The highest BCUT2D eigenvalue weighted by Gasteiger charge is 2.43. The highest BCUT2D eigenvalue weighted by atomic mass is 32.2. The van der Waals surface area contributed by atoms with Gasteiger partial charge in [-0.3, -0.25) is 14.5 Å². The molecular weight excluding hydrogens is 599 g/mol. The van der Waals surface area contributed by atoms with Gasteiger partial charge in [-0.1, -0.05) is 51.1 Å². The van der Waals surface area contributed by atoms with Gasteiger partial charge in [-0.15, -0.1) is 11.3 Å². The number of carbonyl (C=O) groups is 2. The average Bonchev–Trinajstić information content (AvgIpc) is 3.67. The Labute approximate surface area is 264 Å². The molecule has 0 radical (unpaired) electrons. The highest BCUT2D eigenvalue weighted by molar-refractivity contribution is 7.89. The van der Waals surface area contributed by atoms with E-state index in [4.69, 9.17) is 0 Å². The summed E-state index contributed by atoms with van der Waals surface area (Å²) in [6.45, 7) is 8.55. The number of benzene rings is 2. The second-order valence-electron chi connectivity index (χ2n) is 12.3. The number of nitrogens with one attached hydrogen (secondary N) is 2. The smallest absolute Gasteiger partial charge is 0.245 e. The summed E-state index contributed by atoms with van der Waals surface area (Å²) in [5.74, 6) is -0.413. The number of amides is 2. The maximum Gasteiger partial charge on any atom is 0.245 e. The normalized spacial score (nSPS) is 16.3. The summed E-state index contributed by atoms with van der Waals surface area (Å²) < 4.78 is 30.3. The van der Waals surface area contributed by atoms with Gasteiger partial charge >= 0.3 is 0 Å². The number of carbonyl (C=O) groups excluding carboxylic acids is 2. The number of aromatic nitrogens is 1. The van der Waals surface area contributed by atoms with Gasteiger partial charge in [0.15, 0.2) is 0 Å². The van der Waals surface area contributed by atoms with Crippen LogP contribution < -0.4 is 10.6 Å². The minimum Gasteiger partial charge on any atom is -0.374 e. The minimum absolute atomic E-state index is 0.0106. The summed E-state index contributed by atoms with van der Waals surface area (Å²) >= 11 is 1.36. The third kappa shape index (κ3) is 9.31. The molecule has 1 aliphatic rings. The van der Waals surface area contributed by atoms with Crippen LogP contribution in [-0.2, 0) is 26.0 Å². The van der Waals surface area contributed by atoms with Crippen LogP contribution in [0.15, 0.2) is 58.9 Å². The predicted molar refractivity (Wildman–Crippen MR) is 174 cm³/mol. The molecule has 4 rings (SSSR count). The SMILES string of the molecule is CC(C)CN(C(O)(CCNC(=O)CC(C)CNC(=O)CN1CCCC1)Cc1ccccc1)S(=O)(=O)c1ccc2ncsc2c1. The molecule has 10 nitrogen and oxygen atoms in total. The van der Waals surface area contributed by atoms with Crippen LogP contribution in [0.5, 0.6) is 0 Å². The van der Waals surface area contributed by atoms with Crippen molar-refractivity contribution in [3.63, 3.8) is 0 Å². The van der Waals surface area contributed by atoms with Gasteiger partial charge in [-0.2, -0.15) is 4.31 Å². The van der Waals surface area contributed by atoms with Crippen LogP contribution in [0, 0.1) is 11.8 Å². The van der Waals surface area contributed by atoms with E-state index in [0.29, 0.717) is 18.6 Å². The minimum atomic E-state index is -4.13. The van der Waals surface area contributed by atoms with E-state index >= 15 is 0 Å². The zero-order chi connectivity index (χ0) is 31.7. The monoisotopic (exact) mass is 643 g/mol. The summed E-state index contributed by atoms with van der Waals surface area (Å²) in [6.07, 6.45) is 2.48. The molecule has 3 N–H and O–H groups in total. The Balaban J connectivity index is 1.44. The van der Waals surface area contributed by atoms with E-state index in [1.807, 2.05) is 51.1 Å². The van der Waals surface area contributed by atoms with E-state index in [2.05, 4.69) is 20.5 Å². The Kier molecular flexibility index (Phi) is 11.9. The number of rotatable bonds is 16. The Morgan fingerprint density at radius 1 is 1.07 bits per heavy atom. The van der Waals surface area contributed by atoms with Crippen LogP contribution in [-0.4, -0.2) is 84.5 Å². The van der Waals surface area contributed by atoms with E-state index in [9.17, 15) is 23.1 Å². The summed E-state index contributed by atoms with van der Waals surface area (Å²) in [7, 11) is -4.13. The molecule has 1 fully saturated rings. The van der Waals surface area contributed by atoms with Gasteiger partial charge in [-0.25, -0.2) is 13.4 Å². The standard InChI is InChI=1S/C32H45N5O5S2/c1-24(2)21-37(44(41,42)27-11-12-28-29(18-27)43-23-35-28)32(40,19-26-9-5-4-6-10-26)13-14-33-30(38)17-25(3)20-34-31(39)22-36-15-7-8-16-36/h4-6,9-12,18,23-25,40H,7-8,13-17,19-22H2,1-3H3,(H,33,38)(H,34,39). The van der Waals surface area contributed by atoms with Gasteiger partial charge < -0.3 is 15.7 Å². The maximum absolute atomic E-state index is 14.2. The lowest BCUT2D eigenvalue weighted by atomic mass is 9.98. The lowest BCUT2D eigenvalue weighted by Gasteiger charge is -2.40. The number of hydrogen-bond acceptors (Lipinski definition) is 8. The fourth-order valence-corrected chi connectivity index (χ4v) is 8.17. The molecule has 240 valence electrons. The van der Waals surface area contributed by atoms with Crippen molar-refractivity contribution in [2.75, 3.05) is 39.3 Å². The van der Waals surface area contributed by atoms with E-state index in [1.54, 1.807) is 17.6 Å². The fourth-order valence-electron chi connectivity index (χ4n) is 5.52. The van der Waals surface area contributed by atoms with E-state index in [-0.39, 0.29) is 60.9 Å². The molecule has 2 aromatic carbocycles. The molecule has 0 saturated carbocycles.